The van der Waals surface area contributed by atoms with Crippen molar-refractivity contribution in [3.63, 3.8) is 0 Å². The minimum absolute atomic E-state index is 0.0544. The van der Waals surface area contributed by atoms with Crippen molar-refractivity contribution in [2.24, 2.45) is 0 Å². The van der Waals surface area contributed by atoms with Crippen molar-refractivity contribution < 1.29 is 19.4 Å². The number of aliphatic hydroxyl groups excluding tert-OH is 1. The third-order valence-corrected chi connectivity index (χ3v) is 2.91. The molecule has 0 aliphatic heterocycles. The van der Waals surface area contributed by atoms with Gasteiger partial charge in [-0.15, -0.1) is 0 Å². The molecule has 0 heterocycles. The summed E-state index contributed by atoms with van der Waals surface area (Å²) in [5.41, 5.74) is 0.691. The van der Waals surface area contributed by atoms with Crippen molar-refractivity contribution in [2.75, 3.05) is 13.2 Å². The molecule has 0 unspecified atom stereocenters. The molecule has 0 aliphatic carbocycles. The van der Waals surface area contributed by atoms with Gasteiger partial charge in [-0.05, 0) is 49.9 Å². The standard InChI is InChI=1S/C17H22O4/c1-3-17(19)21-13-7-5-4-6-12-20-16-10-8-15(9-11-16)14(2)18/h3,8-11,18H,1-2,4-7,12-13H2. The zero-order valence-electron chi connectivity index (χ0n) is 12.2. The van der Waals surface area contributed by atoms with Crippen LogP contribution in [0, 0.1) is 0 Å². The summed E-state index contributed by atoms with van der Waals surface area (Å²) in [6, 6.07) is 7.16. The van der Waals surface area contributed by atoms with E-state index in [-0.39, 0.29) is 11.7 Å². The number of hydrogen-bond acceptors (Lipinski definition) is 4. The second-order valence-corrected chi connectivity index (χ2v) is 4.61. The third kappa shape index (κ3) is 7.20. The molecule has 1 rings (SSSR count). The van der Waals surface area contributed by atoms with Crippen LogP contribution in [0.15, 0.2) is 43.5 Å². The lowest BCUT2D eigenvalue weighted by molar-refractivity contribution is -0.137. The highest BCUT2D eigenvalue weighted by atomic mass is 16.5. The van der Waals surface area contributed by atoms with Crippen molar-refractivity contribution in [3.05, 3.63) is 49.1 Å². The van der Waals surface area contributed by atoms with Gasteiger partial charge in [0.25, 0.3) is 0 Å². The van der Waals surface area contributed by atoms with Gasteiger partial charge in [-0.2, -0.15) is 0 Å². The van der Waals surface area contributed by atoms with E-state index in [9.17, 15) is 9.90 Å². The molecule has 1 aromatic carbocycles. The number of carbonyl (C=O) groups is 1. The van der Waals surface area contributed by atoms with E-state index in [1.807, 2.05) is 12.1 Å². The smallest absolute Gasteiger partial charge is 0.330 e. The van der Waals surface area contributed by atoms with Gasteiger partial charge in [0.2, 0.25) is 0 Å². The minimum atomic E-state index is -0.368. The first-order chi connectivity index (χ1) is 10.1. The molecule has 0 radical (unpaired) electrons. The molecular formula is C17H22O4. The molecule has 0 atom stereocenters. The predicted octanol–water partition coefficient (Wildman–Crippen LogP) is 3.88. The molecule has 0 amide bonds. The maximum Gasteiger partial charge on any atom is 0.330 e. The molecule has 0 aliphatic rings. The Labute approximate surface area is 125 Å². The molecule has 0 fully saturated rings. The average Bonchev–Trinajstić information content (AvgIpc) is 2.50. The highest BCUT2D eigenvalue weighted by Crippen LogP contribution is 2.16. The van der Waals surface area contributed by atoms with E-state index in [0.29, 0.717) is 18.8 Å². The van der Waals surface area contributed by atoms with Gasteiger partial charge in [0.15, 0.2) is 0 Å². The summed E-state index contributed by atoms with van der Waals surface area (Å²) in [5, 5.41) is 9.21. The first-order valence-corrected chi connectivity index (χ1v) is 7.04. The van der Waals surface area contributed by atoms with Crippen LogP contribution in [0.25, 0.3) is 5.76 Å². The Morgan fingerprint density at radius 2 is 1.71 bits per heavy atom. The van der Waals surface area contributed by atoms with E-state index in [0.717, 1.165) is 31.4 Å². The Morgan fingerprint density at radius 3 is 2.29 bits per heavy atom. The minimum Gasteiger partial charge on any atom is -0.508 e. The normalized spacial score (nSPS) is 9.90. The van der Waals surface area contributed by atoms with E-state index in [1.54, 1.807) is 12.1 Å². The second-order valence-electron chi connectivity index (χ2n) is 4.61. The Kier molecular flexibility index (Phi) is 7.72. The quantitative estimate of drug-likeness (QED) is 0.307. The number of esters is 1. The van der Waals surface area contributed by atoms with E-state index in [1.165, 1.54) is 6.08 Å². The average molecular weight is 290 g/mol. The van der Waals surface area contributed by atoms with Crippen LogP contribution in [-0.2, 0) is 9.53 Å². The molecule has 0 aromatic heterocycles. The number of aliphatic hydroxyl groups is 1. The second kappa shape index (κ2) is 9.64. The Bertz CT molecular complexity index is 462. The molecule has 4 heteroatoms. The van der Waals surface area contributed by atoms with E-state index < -0.39 is 0 Å². The molecule has 0 saturated carbocycles. The van der Waals surface area contributed by atoms with Gasteiger partial charge in [-0.3, -0.25) is 0 Å². The maximum absolute atomic E-state index is 10.8. The lowest BCUT2D eigenvalue weighted by atomic mass is 10.2. The van der Waals surface area contributed by atoms with Crippen LogP contribution in [0.2, 0.25) is 0 Å². The number of unbranched alkanes of at least 4 members (excludes halogenated alkanes) is 3. The topological polar surface area (TPSA) is 55.8 Å². The van der Waals surface area contributed by atoms with Crippen LogP contribution in [0.3, 0.4) is 0 Å². The summed E-state index contributed by atoms with van der Waals surface area (Å²) >= 11 is 0. The number of hydrogen-bond donors (Lipinski definition) is 1. The van der Waals surface area contributed by atoms with Crippen molar-refractivity contribution in [1.82, 2.24) is 0 Å². The molecule has 21 heavy (non-hydrogen) atoms. The molecule has 1 aromatic rings. The highest BCUT2D eigenvalue weighted by molar-refractivity contribution is 5.81. The molecule has 0 bridgehead atoms. The van der Waals surface area contributed by atoms with Crippen molar-refractivity contribution in [3.8, 4) is 5.75 Å². The summed E-state index contributed by atoms with van der Waals surface area (Å²) in [6.07, 6.45) is 5.00. The van der Waals surface area contributed by atoms with Gasteiger partial charge in [-0.1, -0.05) is 13.2 Å². The van der Waals surface area contributed by atoms with Crippen molar-refractivity contribution in [1.29, 1.82) is 0 Å². The molecule has 1 N–H and O–H groups in total. The monoisotopic (exact) mass is 290 g/mol. The van der Waals surface area contributed by atoms with Crippen LogP contribution in [-0.4, -0.2) is 24.3 Å². The first-order valence-electron chi connectivity index (χ1n) is 7.04. The highest BCUT2D eigenvalue weighted by Gasteiger charge is 1.98. The molecule has 114 valence electrons. The molecule has 0 saturated heterocycles. The predicted molar refractivity (Wildman–Crippen MR) is 83.2 cm³/mol. The van der Waals surface area contributed by atoms with Crippen LogP contribution >= 0.6 is 0 Å². The Balaban J connectivity index is 2.05. The fourth-order valence-electron chi connectivity index (χ4n) is 1.72. The Hall–Kier alpha value is -2.23. The van der Waals surface area contributed by atoms with Gasteiger partial charge >= 0.3 is 5.97 Å². The van der Waals surface area contributed by atoms with Gasteiger partial charge in [0.1, 0.15) is 11.5 Å². The lowest BCUT2D eigenvalue weighted by Crippen LogP contribution is -2.02. The number of ether oxygens (including phenoxy) is 2. The number of rotatable bonds is 10. The molecular weight excluding hydrogens is 268 g/mol. The third-order valence-electron chi connectivity index (χ3n) is 2.91. The number of benzene rings is 1. The molecule has 4 nitrogen and oxygen atoms in total. The lowest BCUT2D eigenvalue weighted by Gasteiger charge is -2.07. The van der Waals surface area contributed by atoms with Gasteiger partial charge in [0, 0.05) is 11.6 Å². The number of carbonyl (C=O) groups excluding carboxylic acids is 1. The first kappa shape index (κ1) is 16.8. The van der Waals surface area contributed by atoms with Crippen molar-refractivity contribution >= 4 is 11.7 Å². The van der Waals surface area contributed by atoms with Gasteiger partial charge in [0.05, 0.1) is 13.2 Å². The van der Waals surface area contributed by atoms with Crippen LogP contribution in [0.1, 0.15) is 31.2 Å². The van der Waals surface area contributed by atoms with Gasteiger partial charge < -0.3 is 14.6 Å². The zero-order valence-corrected chi connectivity index (χ0v) is 12.2. The van der Waals surface area contributed by atoms with E-state index in [4.69, 9.17) is 9.47 Å². The summed E-state index contributed by atoms with van der Waals surface area (Å²) in [4.78, 5) is 10.8. The maximum atomic E-state index is 10.8. The van der Waals surface area contributed by atoms with Crippen LogP contribution in [0.5, 0.6) is 5.75 Å². The van der Waals surface area contributed by atoms with Crippen molar-refractivity contribution in [2.45, 2.75) is 25.7 Å². The SMILES string of the molecule is C=CC(=O)OCCCCCCOc1ccc(C(=C)O)cc1. The fourth-order valence-corrected chi connectivity index (χ4v) is 1.72. The van der Waals surface area contributed by atoms with Crippen LogP contribution in [0.4, 0.5) is 0 Å². The summed E-state index contributed by atoms with van der Waals surface area (Å²) in [7, 11) is 0. The molecule has 0 spiro atoms. The zero-order chi connectivity index (χ0) is 15.5. The summed E-state index contributed by atoms with van der Waals surface area (Å²) < 4.78 is 10.5. The fraction of sp³-hybridized carbons (Fsp3) is 0.353. The largest absolute Gasteiger partial charge is 0.508 e. The van der Waals surface area contributed by atoms with Crippen LogP contribution < -0.4 is 4.74 Å². The summed E-state index contributed by atoms with van der Waals surface area (Å²) in [6.45, 7) is 7.88. The summed E-state index contributed by atoms with van der Waals surface area (Å²) in [5.74, 6) is 0.464. The van der Waals surface area contributed by atoms with E-state index >= 15 is 0 Å². The van der Waals surface area contributed by atoms with Gasteiger partial charge in [-0.25, -0.2) is 4.79 Å². The van der Waals surface area contributed by atoms with E-state index in [2.05, 4.69) is 13.2 Å². The Morgan fingerprint density at radius 1 is 1.10 bits per heavy atom.